The van der Waals surface area contributed by atoms with Crippen LogP contribution in [-0.2, 0) is 22.6 Å². The number of aryl methyl sites for hydroxylation is 2. The number of carbonyl (C=O) groups excluding carboxylic acids is 1. The van der Waals surface area contributed by atoms with E-state index in [1.165, 1.54) is 16.6 Å². The number of aromatic nitrogens is 2. The number of carbonyl (C=O) groups is 1. The molecule has 33 heavy (non-hydrogen) atoms. The number of aromatic amines is 1. The van der Waals surface area contributed by atoms with Crippen LogP contribution in [0.25, 0.3) is 0 Å². The Labute approximate surface area is 191 Å². The van der Waals surface area contributed by atoms with Crippen LogP contribution in [0.2, 0.25) is 0 Å². The first-order valence-electron chi connectivity index (χ1n) is 10.5. The summed E-state index contributed by atoms with van der Waals surface area (Å²) in [7, 11) is 1.49. The normalized spacial score (nSPS) is 10.8. The van der Waals surface area contributed by atoms with Gasteiger partial charge in [-0.2, -0.15) is 0 Å². The number of hydrogen-bond donors (Lipinski definition) is 2. The molecular weight excluding hydrogens is 424 g/mol. The molecule has 1 amide bonds. The molecule has 0 saturated heterocycles. The second-order valence-electron chi connectivity index (χ2n) is 7.72. The fraction of sp³-hybridized carbons (Fsp3) is 0.292. The van der Waals surface area contributed by atoms with E-state index in [1.54, 1.807) is 0 Å². The van der Waals surface area contributed by atoms with Crippen LogP contribution in [0.3, 0.4) is 0 Å². The van der Waals surface area contributed by atoms with E-state index in [9.17, 15) is 14.4 Å². The van der Waals surface area contributed by atoms with Crippen LogP contribution in [0, 0.1) is 13.8 Å². The lowest BCUT2D eigenvalue weighted by molar-refractivity contribution is -0.120. The summed E-state index contributed by atoms with van der Waals surface area (Å²) in [6, 6.07) is 14.8. The van der Waals surface area contributed by atoms with E-state index in [0.29, 0.717) is 5.75 Å². The molecule has 3 N–H and O–H groups in total. The van der Waals surface area contributed by atoms with Crippen LogP contribution >= 0.6 is 0 Å². The van der Waals surface area contributed by atoms with Crippen molar-refractivity contribution in [2.75, 3.05) is 31.0 Å². The average Bonchev–Trinajstić information content (AvgIpc) is 2.76. The van der Waals surface area contributed by atoms with Crippen LogP contribution in [-0.4, -0.2) is 35.8 Å². The van der Waals surface area contributed by atoms with Crippen molar-refractivity contribution in [2.24, 2.45) is 0 Å². The first-order valence-corrected chi connectivity index (χ1v) is 10.5. The first-order chi connectivity index (χ1) is 15.8. The minimum atomic E-state index is -0.748. The lowest BCUT2D eigenvalue weighted by Gasteiger charge is -2.25. The number of methoxy groups -OCH3 is 1. The topological polar surface area (TPSA) is 120 Å². The Morgan fingerprint density at radius 2 is 1.76 bits per heavy atom. The van der Waals surface area contributed by atoms with Crippen molar-refractivity contribution in [3.8, 4) is 5.75 Å². The molecule has 0 atom stereocenters. The standard InChI is InChI=1S/C24H28N4O5/c1-16-11-17(2)13-19(12-16)33-15-20(29)28(14-18-7-5-4-6-8-18)21-22(25)27(9-10-32-3)24(31)26-23(21)30/h4-8,11-13H,9-10,14-15,25H2,1-3H3,(H,26,30,31). The number of nitrogens with zero attached hydrogens (tertiary/aromatic N) is 2. The second kappa shape index (κ2) is 10.6. The molecule has 9 nitrogen and oxygen atoms in total. The number of nitrogens with one attached hydrogen (secondary N) is 1. The van der Waals surface area contributed by atoms with Crippen LogP contribution in [0.1, 0.15) is 16.7 Å². The van der Waals surface area contributed by atoms with Gasteiger partial charge in [0, 0.05) is 7.11 Å². The van der Waals surface area contributed by atoms with Gasteiger partial charge in [-0.25, -0.2) is 4.79 Å². The van der Waals surface area contributed by atoms with Gasteiger partial charge in [-0.05, 0) is 42.7 Å². The van der Waals surface area contributed by atoms with Crippen molar-refractivity contribution in [3.63, 3.8) is 0 Å². The number of rotatable bonds is 9. The van der Waals surface area contributed by atoms with Crippen LogP contribution in [0.4, 0.5) is 11.5 Å². The molecule has 1 heterocycles. The molecule has 0 aliphatic carbocycles. The Morgan fingerprint density at radius 3 is 2.39 bits per heavy atom. The average molecular weight is 453 g/mol. The van der Waals surface area contributed by atoms with E-state index in [-0.39, 0.29) is 37.8 Å². The quantitative estimate of drug-likeness (QED) is 0.512. The second-order valence-corrected chi connectivity index (χ2v) is 7.72. The van der Waals surface area contributed by atoms with Gasteiger partial charge < -0.3 is 15.2 Å². The Morgan fingerprint density at radius 1 is 1.09 bits per heavy atom. The summed E-state index contributed by atoms with van der Waals surface area (Å²) in [5, 5.41) is 0. The number of H-pyrrole nitrogens is 1. The summed E-state index contributed by atoms with van der Waals surface area (Å²) < 4.78 is 11.9. The third-order valence-corrected chi connectivity index (χ3v) is 5.05. The molecule has 0 bridgehead atoms. The fourth-order valence-corrected chi connectivity index (χ4v) is 3.54. The molecule has 0 aliphatic rings. The van der Waals surface area contributed by atoms with Gasteiger partial charge in [-0.1, -0.05) is 36.4 Å². The van der Waals surface area contributed by atoms with Gasteiger partial charge in [0.15, 0.2) is 12.3 Å². The van der Waals surface area contributed by atoms with Crippen LogP contribution in [0.5, 0.6) is 5.75 Å². The maximum absolute atomic E-state index is 13.3. The predicted octanol–water partition coefficient (Wildman–Crippen LogP) is 1.99. The van der Waals surface area contributed by atoms with Crippen LogP contribution < -0.4 is 26.6 Å². The smallest absolute Gasteiger partial charge is 0.330 e. The zero-order valence-corrected chi connectivity index (χ0v) is 19.0. The van der Waals surface area contributed by atoms with Gasteiger partial charge >= 0.3 is 5.69 Å². The summed E-state index contributed by atoms with van der Waals surface area (Å²) in [5.74, 6) is -0.0453. The van der Waals surface area contributed by atoms with Crippen molar-refractivity contribution in [3.05, 3.63) is 86.1 Å². The third-order valence-electron chi connectivity index (χ3n) is 5.05. The molecule has 1 aromatic heterocycles. The van der Waals surface area contributed by atoms with E-state index in [4.69, 9.17) is 15.2 Å². The maximum Gasteiger partial charge on any atom is 0.330 e. The Balaban J connectivity index is 1.98. The lowest BCUT2D eigenvalue weighted by Crippen LogP contribution is -2.42. The van der Waals surface area contributed by atoms with Gasteiger partial charge in [0.2, 0.25) is 0 Å². The Hall–Kier alpha value is -3.85. The van der Waals surface area contributed by atoms with Gasteiger partial charge in [-0.3, -0.25) is 24.0 Å². The number of benzene rings is 2. The number of hydrogen-bond acceptors (Lipinski definition) is 6. The summed E-state index contributed by atoms with van der Waals surface area (Å²) in [6.45, 7) is 3.96. The summed E-state index contributed by atoms with van der Waals surface area (Å²) in [6.07, 6.45) is 0. The molecule has 3 rings (SSSR count). The minimum absolute atomic E-state index is 0.0750. The van der Waals surface area contributed by atoms with Gasteiger partial charge in [0.05, 0.1) is 19.7 Å². The molecule has 174 valence electrons. The summed E-state index contributed by atoms with van der Waals surface area (Å²) in [4.78, 5) is 41.8. The summed E-state index contributed by atoms with van der Waals surface area (Å²) in [5.41, 5.74) is 7.48. The number of anilines is 2. The zero-order chi connectivity index (χ0) is 24.0. The van der Waals surface area contributed by atoms with E-state index in [1.807, 2.05) is 62.4 Å². The molecule has 0 aliphatic heterocycles. The molecular formula is C24H28N4O5. The highest BCUT2D eigenvalue weighted by Gasteiger charge is 2.25. The predicted molar refractivity (Wildman–Crippen MR) is 127 cm³/mol. The SMILES string of the molecule is COCCn1c(N)c(N(Cc2ccccc2)C(=O)COc2cc(C)cc(C)c2)c(=O)[nH]c1=O. The monoisotopic (exact) mass is 452 g/mol. The number of amides is 1. The molecule has 0 radical (unpaired) electrons. The zero-order valence-electron chi connectivity index (χ0n) is 19.0. The molecule has 3 aromatic rings. The lowest BCUT2D eigenvalue weighted by atomic mass is 10.1. The molecule has 0 spiro atoms. The number of ether oxygens (including phenoxy) is 2. The van der Waals surface area contributed by atoms with E-state index >= 15 is 0 Å². The van der Waals surface area contributed by atoms with Crippen molar-refractivity contribution >= 4 is 17.4 Å². The maximum atomic E-state index is 13.3. The van der Waals surface area contributed by atoms with Crippen LogP contribution in [0.15, 0.2) is 58.1 Å². The Bertz CT molecular complexity index is 1210. The molecule has 0 saturated carbocycles. The van der Waals surface area contributed by atoms with Crippen molar-refractivity contribution in [1.29, 1.82) is 0 Å². The first kappa shape index (κ1) is 23.8. The van der Waals surface area contributed by atoms with E-state index in [0.717, 1.165) is 16.7 Å². The highest BCUT2D eigenvalue weighted by Crippen LogP contribution is 2.21. The van der Waals surface area contributed by atoms with E-state index in [2.05, 4.69) is 4.98 Å². The molecule has 0 fully saturated rings. The fourth-order valence-electron chi connectivity index (χ4n) is 3.54. The van der Waals surface area contributed by atoms with Gasteiger partial charge in [0.1, 0.15) is 11.6 Å². The third kappa shape index (κ3) is 5.89. The van der Waals surface area contributed by atoms with Crippen molar-refractivity contribution < 1.29 is 14.3 Å². The Kier molecular flexibility index (Phi) is 7.68. The highest BCUT2D eigenvalue weighted by molar-refractivity contribution is 5.96. The number of nitrogen functional groups attached to an aromatic ring is 1. The van der Waals surface area contributed by atoms with Gasteiger partial charge in [0.25, 0.3) is 11.5 Å². The molecule has 0 unspecified atom stereocenters. The molecule has 9 heteroatoms. The number of nitrogens with two attached hydrogens (primary N) is 1. The van der Waals surface area contributed by atoms with E-state index < -0.39 is 17.2 Å². The van der Waals surface area contributed by atoms with Crippen molar-refractivity contribution in [2.45, 2.75) is 26.9 Å². The summed E-state index contributed by atoms with van der Waals surface area (Å²) >= 11 is 0. The largest absolute Gasteiger partial charge is 0.484 e. The highest BCUT2D eigenvalue weighted by atomic mass is 16.5. The van der Waals surface area contributed by atoms with Gasteiger partial charge in [-0.15, -0.1) is 0 Å². The molecule has 2 aromatic carbocycles. The van der Waals surface area contributed by atoms with Crippen molar-refractivity contribution in [1.82, 2.24) is 9.55 Å². The minimum Gasteiger partial charge on any atom is -0.484 e.